The Hall–Kier alpha value is -0.810. The molecule has 1 fully saturated rings. The van der Waals surface area contributed by atoms with Crippen LogP contribution in [0.3, 0.4) is 0 Å². The van der Waals surface area contributed by atoms with Crippen LogP contribution in [0.15, 0.2) is 0 Å². The zero-order valence-corrected chi connectivity index (χ0v) is 8.95. The van der Waals surface area contributed by atoms with E-state index in [1.54, 1.807) is 0 Å². The van der Waals surface area contributed by atoms with Gasteiger partial charge in [-0.25, -0.2) is 4.79 Å². The standard InChI is InChI=1S/C9H19N3O2/c1-9(2,3)12(8(13)14)7-4-6(5-7)11-10/h6-7,11H,4-5,10H2,1-3H3,(H,13,14)/t6-,7-. The summed E-state index contributed by atoms with van der Waals surface area (Å²) in [7, 11) is 0. The Morgan fingerprint density at radius 1 is 1.50 bits per heavy atom. The van der Waals surface area contributed by atoms with Crippen LogP contribution in [0.25, 0.3) is 0 Å². The lowest BCUT2D eigenvalue weighted by Crippen LogP contribution is -2.60. The lowest BCUT2D eigenvalue weighted by molar-refractivity contribution is 0.0289. The fourth-order valence-electron chi connectivity index (χ4n) is 1.93. The summed E-state index contributed by atoms with van der Waals surface area (Å²) < 4.78 is 0. The highest BCUT2D eigenvalue weighted by atomic mass is 16.4. The number of rotatable bonds is 2. The molecule has 0 bridgehead atoms. The number of hydrogen-bond acceptors (Lipinski definition) is 3. The zero-order chi connectivity index (χ0) is 10.9. The van der Waals surface area contributed by atoms with E-state index in [4.69, 9.17) is 10.9 Å². The fraction of sp³-hybridized carbons (Fsp3) is 0.889. The van der Waals surface area contributed by atoms with Crippen molar-refractivity contribution in [3.63, 3.8) is 0 Å². The second kappa shape index (κ2) is 3.74. The van der Waals surface area contributed by atoms with E-state index in [0.717, 1.165) is 12.8 Å². The molecule has 14 heavy (non-hydrogen) atoms. The number of carbonyl (C=O) groups is 1. The molecule has 0 atom stereocenters. The summed E-state index contributed by atoms with van der Waals surface area (Å²) in [4.78, 5) is 12.6. The van der Waals surface area contributed by atoms with Crippen LogP contribution < -0.4 is 11.3 Å². The van der Waals surface area contributed by atoms with Crippen molar-refractivity contribution in [2.24, 2.45) is 5.84 Å². The maximum Gasteiger partial charge on any atom is 0.407 e. The molecule has 82 valence electrons. The molecule has 4 N–H and O–H groups in total. The van der Waals surface area contributed by atoms with Gasteiger partial charge in [-0.3, -0.25) is 11.3 Å². The topological polar surface area (TPSA) is 78.6 Å². The first-order chi connectivity index (χ1) is 6.36. The van der Waals surface area contributed by atoms with E-state index in [1.807, 2.05) is 20.8 Å². The summed E-state index contributed by atoms with van der Waals surface area (Å²) in [6, 6.07) is 0.373. The first kappa shape index (κ1) is 11.3. The molecule has 1 aliphatic carbocycles. The van der Waals surface area contributed by atoms with Crippen LogP contribution in [-0.4, -0.2) is 33.7 Å². The van der Waals surface area contributed by atoms with E-state index >= 15 is 0 Å². The molecule has 0 aromatic rings. The van der Waals surface area contributed by atoms with Gasteiger partial charge in [0, 0.05) is 17.6 Å². The van der Waals surface area contributed by atoms with Gasteiger partial charge in [0.15, 0.2) is 0 Å². The van der Waals surface area contributed by atoms with E-state index in [0.29, 0.717) is 0 Å². The molecule has 0 saturated heterocycles. The highest BCUT2D eigenvalue weighted by Gasteiger charge is 2.40. The van der Waals surface area contributed by atoms with Gasteiger partial charge in [0.2, 0.25) is 0 Å². The van der Waals surface area contributed by atoms with Crippen LogP contribution in [0, 0.1) is 0 Å². The van der Waals surface area contributed by atoms with Crippen LogP contribution in [0.4, 0.5) is 4.79 Å². The SMILES string of the molecule is CC(C)(C)N(C(=O)O)[C@H]1C[C@H](NN)C1. The number of nitrogens with one attached hydrogen (secondary N) is 1. The van der Waals surface area contributed by atoms with Crippen molar-refractivity contribution in [1.29, 1.82) is 0 Å². The molecule has 1 rings (SSSR count). The zero-order valence-electron chi connectivity index (χ0n) is 8.95. The predicted octanol–water partition coefficient (Wildman–Crippen LogP) is 0.759. The van der Waals surface area contributed by atoms with Crippen LogP contribution in [-0.2, 0) is 0 Å². The Bertz CT molecular complexity index is 219. The van der Waals surface area contributed by atoms with E-state index < -0.39 is 6.09 Å². The predicted molar refractivity (Wildman–Crippen MR) is 53.7 cm³/mol. The minimum absolute atomic E-state index is 0.105. The normalized spacial score (nSPS) is 26.9. The number of nitrogens with two attached hydrogens (primary N) is 1. The molecular formula is C9H19N3O2. The molecule has 1 saturated carbocycles. The number of nitrogens with zero attached hydrogens (tertiary/aromatic N) is 1. The summed E-state index contributed by atoms with van der Waals surface area (Å²) in [5, 5.41) is 9.08. The average Bonchev–Trinajstić information content (AvgIpc) is 1.91. The minimum Gasteiger partial charge on any atom is -0.465 e. The molecular weight excluding hydrogens is 182 g/mol. The molecule has 1 aliphatic rings. The van der Waals surface area contributed by atoms with Crippen molar-refractivity contribution in [2.45, 2.75) is 51.2 Å². The van der Waals surface area contributed by atoms with Crippen molar-refractivity contribution in [3.8, 4) is 0 Å². The van der Waals surface area contributed by atoms with Gasteiger partial charge in [-0.15, -0.1) is 0 Å². The van der Waals surface area contributed by atoms with E-state index in [9.17, 15) is 4.79 Å². The third-order valence-electron chi connectivity index (χ3n) is 2.64. The molecule has 0 aliphatic heterocycles. The Morgan fingerprint density at radius 2 is 2.00 bits per heavy atom. The van der Waals surface area contributed by atoms with Crippen LogP contribution in [0.2, 0.25) is 0 Å². The van der Waals surface area contributed by atoms with Gasteiger partial charge in [-0.1, -0.05) is 0 Å². The van der Waals surface area contributed by atoms with E-state index in [1.165, 1.54) is 4.90 Å². The summed E-state index contributed by atoms with van der Waals surface area (Å²) in [6.07, 6.45) is 0.762. The Kier molecular flexibility index (Phi) is 3.01. The molecule has 5 nitrogen and oxygen atoms in total. The first-order valence-corrected chi connectivity index (χ1v) is 4.84. The van der Waals surface area contributed by atoms with E-state index in [-0.39, 0.29) is 17.6 Å². The van der Waals surface area contributed by atoms with Gasteiger partial charge in [0.05, 0.1) is 0 Å². The van der Waals surface area contributed by atoms with Crippen molar-refractivity contribution < 1.29 is 9.90 Å². The maximum absolute atomic E-state index is 11.0. The molecule has 0 unspecified atom stereocenters. The highest BCUT2D eigenvalue weighted by molar-refractivity contribution is 5.66. The molecule has 5 heteroatoms. The quantitative estimate of drug-likeness (QED) is 0.455. The molecule has 0 aromatic carbocycles. The Balaban J connectivity index is 2.59. The Labute approximate surface area is 84.2 Å². The van der Waals surface area contributed by atoms with Gasteiger partial charge in [-0.2, -0.15) is 0 Å². The summed E-state index contributed by atoms with van der Waals surface area (Å²) in [6.45, 7) is 5.72. The number of carboxylic acid groups (broad SMARTS) is 1. The lowest BCUT2D eigenvalue weighted by Gasteiger charge is -2.47. The first-order valence-electron chi connectivity index (χ1n) is 4.84. The molecule has 0 heterocycles. The smallest absolute Gasteiger partial charge is 0.407 e. The Morgan fingerprint density at radius 3 is 2.29 bits per heavy atom. The van der Waals surface area contributed by atoms with Crippen molar-refractivity contribution in [3.05, 3.63) is 0 Å². The number of hydrazine groups is 1. The lowest BCUT2D eigenvalue weighted by atomic mass is 9.84. The second-order valence-electron chi connectivity index (χ2n) is 4.81. The molecule has 1 amide bonds. The van der Waals surface area contributed by atoms with Gasteiger partial charge in [0.25, 0.3) is 0 Å². The average molecular weight is 201 g/mol. The van der Waals surface area contributed by atoms with Gasteiger partial charge in [-0.05, 0) is 33.6 Å². The maximum atomic E-state index is 11.0. The van der Waals surface area contributed by atoms with E-state index in [2.05, 4.69) is 5.43 Å². The van der Waals surface area contributed by atoms with Crippen molar-refractivity contribution in [2.75, 3.05) is 0 Å². The second-order valence-corrected chi connectivity index (χ2v) is 4.81. The largest absolute Gasteiger partial charge is 0.465 e. The highest BCUT2D eigenvalue weighted by Crippen LogP contribution is 2.30. The van der Waals surface area contributed by atoms with Gasteiger partial charge >= 0.3 is 6.09 Å². The third kappa shape index (κ3) is 2.16. The van der Waals surface area contributed by atoms with Gasteiger partial charge < -0.3 is 10.0 Å². The molecule has 0 spiro atoms. The number of hydrogen-bond donors (Lipinski definition) is 3. The molecule has 0 radical (unpaired) electrons. The summed E-state index contributed by atoms with van der Waals surface area (Å²) in [5.74, 6) is 5.27. The van der Waals surface area contributed by atoms with Gasteiger partial charge in [0.1, 0.15) is 0 Å². The van der Waals surface area contributed by atoms with Crippen LogP contribution in [0.5, 0.6) is 0 Å². The van der Waals surface area contributed by atoms with Crippen LogP contribution in [0.1, 0.15) is 33.6 Å². The summed E-state index contributed by atoms with van der Waals surface area (Å²) in [5.41, 5.74) is 2.32. The van der Waals surface area contributed by atoms with Crippen LogP contribution >= 0.6 is 0 Å². The minimum atomic E-state index is -0.849. The van der Waals surface area contributed by atoms with Crippen molar-refractivity contribution >= 4 is 6.09 Å². The third-order valence-corrected chi connectivity index (χ3v) is 2.64. The number of amides is 1. The summed E-state index contributed by atoms with van der Waals surface area (Å²) >= 11 is 0. The monoisotopic (exact) mass is 201 g/mol. The molecule has 0 aromatic heterocycles. The van der Waals surface area contributed by atoms with Crippen molar-refractivity contribution in [1.82, 2.24) is 10.3 Å². The fourth-order valence-corrected chi connectivity index (χ4v) is 1.93.